The number of para-hydroxylation sites is 5. The van der Waals surface area contributed by atoms with E-state index in [1.165, 1.54) is 127 Å². The summed E-state index contributed by atoms with van der Waals surface area (Å²) in [5.41, 5.74) is 47.9. The van der Waals surface area contributed by atoms with Gasteiger partial charge in [-0.05, 0) is 389 Å². The molecule has 0 atom stereocenters. The fourth-order valence-corrected chi connectivity index (χ4v) is 23.1. The third-order valence-electron chi connectivity index (χ3n) is 30.5. The van der Waals surface area contributed by atoms with Gasteiger partial charge < -0.3 is 38.5 Å². The average molecular weight is 1910 g/mol. The van der Waals surface area contributed by atoms with Crippen molar-refractivity contribution in [2.45, 2.75) is 60.3 Å². The minimum absolute atomic E-state index is 0.716. The number of aryl methyl sites for hydroxylation is 7. The topological polar surface area (TPSA) is 29.3 Å². The van der Waals surface area contributed by atoms with Gasteiger partial charge in [-0.3, -0.25) is 0 Å². The number of aromatic nitrogens is 2. The number of fused-ring (bicyclic) bond motifs is 16. The van der Waals surface area contributed by atoms with Gasteiger partial charge in [0.15, 0.2) is 0 Å². The van der Waals surface area contributed by atoms with Crippen LogP contribution in [0.2, 0.25) is 0 Å². The number of nitrogens with zero attached hydrogens (tertiary/aromatic N) is 8. The maximum Gasteiger partial charge on any atom is 0.0728 e. The fraction of sp³-hybridized carbons (Fsp3) is 0.0638. The minimum Gasteiger partial charge on any atom is -0.310 e. The summed E-state index contributed by atoms with van der Waals surface area (Å²) in [6.45, 7) is 15.2. The summed E-state index contributed by atoms with van der Waals surface area (Å²) in [5.74, 6) is 0. The molecule has 2 heterocycles. The van der Waals surface area contributed by atoms with Gasteiger partial charge in [0.2, 0.25) is 0 Å². The van der Waals surface area contributed by atoms with Crippen LogP contribution in [0, 0.1) is 48.5 Å². The standard InChI is InChI=1S/C141H108N8/c1-94-31-53-108(54-32-94)144(109-55-33-95(2)34-56-109)121-75-81-125-126-82-76-122(145(110-57-35-96(3)36-58-110)111-59-37-97(4)38-60-111)91-134(126)141(133(125)90-121)135-92-123(146(112-61-39-98(5)40-62-112)113-63-41-99(6)42-64-113)77-83-127(135)128-84-78-124(93-136(128)141)147(114-65-43-100(7)44-66-114)116-69-47-102(48-70-116)87-101-45-67-115(68-46-101)143(120-80-86-140-132(89-120)130-28-18-20-30-138(130)149(140)107-25-15-10-16-26-107)118-73-51-104(52-74-118)103-49-71-117(72-50-103)142(105-21-11-8-12-22-105)119-79-85-139-131(88-119)129-27-17-19-29-137(129)148(139)106-23-13-9-14-24-106/h8-86,88-93H,87H2,1-7H3. The Balaban J connectivity index is 0.584. The molecule has 0 amide bonds. The SMILES string of the molecule is Cc1ccc(N(c2ccc(C)cc2)c2ccc3c(c2)C2(c4cc(N(c5ccc(C)cc5)c5ccc(C)cc5)ccc4-3)c3cc(N(c4ccc(C)cc4)c4ccc(C)cc4)ccc3-c3ccc(N(c4ccc(C)cc4)c4ccc(Cc5ccc(N(c6ccc(-c7ccc(N(c8ccccc8)c8ccc9c(c8)c8ccccc8n9-c8ccccc8)cc7)cc6)c6ccc7c(c6)c6ccccc6n7-c6ccccc6)cc5)cc4)cc32)cc1. The van der Waals surface area contributed by atoms with Crippen molar-refractivity contribution in [1.29, 1.82) is 0 Å². The molecule has 712 valence electrons. The molecule has 0 saturated heterocycles. The second-order valence-corrected chi connectivity index (χ2v) is 40.2. The third kappa shape index (κ3) is 16.2. The molecule has 0 aliphatic heterocycles. The van der Waals surface area contributed by atoms with E-state index in [9.17, 15) is 0 Å². The van der Waals surface area contributed by atoms with Gasteiger partial charge in [0.05, 0.1) is 27.5 Å². The molecule has 2 aliphatic rings. The van der Waals surface area contributed by atoms with Gasteiger partial charge in [-0.1, -0.05) is 288 Å². The average Bonchev–Trinajstić information content (AvgIpc) is 1.50. The quantitative estimate of drug-likeness (QED) is 0.0634. The molecule has 0 radical (unpaired) electrons. The number of rotatable bonds is 23. The van der Waals surface area contributed by atoms with Crippen LogP contribution in [0.5, 0.6) is 0 Å². The molecule has 8 nitrogen and oxygen atoms in total. The number of hydrogen-bond donors (Lipinski definition) is 0. The van der Waals surface area contributed by atoms with Crippen LogP contribution in [-0.2, 0) is 11.8 Å². The lowest BCUT2D eigenvalue weighted by Crippen LogP contribution is -2.27. The Hall–Kier alpha value is -18.8. The fourth-order valence-electron chi connectivity index (χ4n) is 23.1. The molecular weight excluding hydrogens is 1810 g/mol. The lowest BCUT2D eigenvalue weighted by atomic mass is 9.70. The zero-order valence-electron chi connectivity index (χ0n) is 84.4. The maximum atomic E-state index is 2.56. The van der Waals surface area contributed by atoms with E-state index >= 15 is 0 Å². The van der Waals surface area contributed by atoms with E-state index in [1.54, 1.807) is 0 Å². The molecule has 0 unspecified atom stereocenters. The van der Waals surface area contributed by atoms with E-state index in [0.717, 1.165) is 136 Å². The van der Waals surface area contributed by atoms with Crippen LogP contribution in [0.15, 0.2) is 516 Å². The van der Waals surface area contributed by atoms with Crippen LogP contribution in [0.1, 0.15) is 72.3 Å². The zero-order chi connectivity index (χ0) is 100. The van der Waals surface area contributed by atoms with Gasteiger partial charge in [0.25, 0.3) is 0 Å². The lowest BCUT2D eigenvalue weighted by Gasteiger charge is -2.35. The molecule has 0 bridgehead atoms. The second kappa shape index (κ2) is 37.4. The zero-order valence-corrected chi connectivity index (χ0v) is 84.4. The summed E-state index contributed by atoms with van der Waals surface area (Å²) >= 11 is 0. The highest BCUT2D eigenvalue weighted by molar-refractivity contribution is 6.13. The lowest BCUT2D eigenvalue weighted by molar-refractivity contribution is 0.793. The van der Waals surface area contributed by atoms with Gasteiger partial charge >= 0.3 is 0 Å². The Morgan fingerprint density at radius 2 is 0.356 bits per heavy atom. The molecule has 1 spiro atoms. The monoisotopic (exact) mass is 1910 g/mol. The highest BCUT2D eigenvalue weighted by Crippen LogP contribution is 2.66. The van der Waals surface area contributed by atoms with Gasteiger partial charge in [-0.25, -0.2) is 0 Å². The number of benzene rings is 22. The Morgan fingerprint density at radius 3 is 0.617 bits per heavy atom. The van der Waals surface area contributed by atoms with E-state index in [4.69, 9.17) is 0 Å². The van der Waals surface area contributed by atoms with Crippen LogP contribution in [0.3, 0.4) is 0 Å². The van der Waals surface area contributed by atoms with Crippen LogP contribution in [0.4, 0.5) is 102 Å². The van der Waals surface area contributed by atoms with Crippen molar-refractivity contribution in [3.8, 4) is 44.8 Å². The summed E-state index contributed by atoms with van der Waals surface area (Å²) in [5, 5.41) is 4.80. The van der Waals surface area contributed by atoms with Crippen molar-refractivity contribution in [1.82, 2.24) is 9.13 Å². The van der Waals surface area contributed by atoms with Crippen molar-refractivity contribution in [2.24, 2.45) is 0 Å². The van der Waals surface area contributed by atoms with Crippen LogP contribution in [-0.4, -0.2) is 9.13 Å². The van der Waals surface area contributed by atoms with Gasteiger partial charge in [0.1, 0.15) is 0 Å². The Morgan fingerprint density at radius 1 is 0.161 bits per heavy atom. The first-order valence-electron chi connectivity index (χ1n) is 51.7. The van der Waals surface area contributed by atoms with Gasteiger partial charge in [-0.2, -0.15) is 0 Å². The number of hydrogen-bond acceptors (Lipinski definition) is 6. The molecule has 22 aromatic carbocycles. The van der Waals surface area contributed by atoms with E-state index in [-0.39, 0.29) is 0 Å². The predicted octanol–water partition coefficient (Wildman–Crippen LogP) is 38.5. The molecule has 26 rings (SSSR count). The molecule has 0 saturated carbocycles. The smallest absolute Gasteiger partial charge is 0.0728 e. The molecule has 24 aromatic rings. The summed E-state index contributed by atoms with van der Waals surface area (Å²) in [6, 6.07) is 193. The van der Waals surface area contributed by atoms with Crippen LogP contribution in [0.25, 0.3) is 88.4 Å². The Labute approximate surface area is 871 Å². The van der Waals surface area contributed by atoms with E-state index < -0.39 is 5.41 Å². The van der Waals surface area contributed by atoms with E-state index in [1.807, 2.05) is 0 Å². The first-order chi connectivity index (χ1) is 73.2. The first-order valence-corrected chi connectivity index (χ1v) is 51.7. The molecule has 2 aliphatic carbocycles. The number of anilines is 18. The van der Waals surface area contributed by atoms with Crippen LogP contribution >= 0.6 is 0 Å². The molecule has 0 fully saturated rings. The van der Waals surface area contributed by atoms with Gasteiger partial charge in [-0.15, -0.1) is 0 Å². The van der Waals surface area contributed by atoms with Crippen molar-refractivity contribution in [2.75, 3.05) is 29.4 Å². The summed E-state index contributed by atoms with van der Waals surface area (Å²) in [7, 11) is 0. The van der Waals surface area contributed by atoms with E-state index in [0.29, 0.717) is 6.42 Å². The molecule has 0 N–H and O–H groups in total. The molecular formula is C141H108N8. The summed E-state index contributed by atoms with van der Waals surface area (Å²) < 4.78 is 4.77. The van der Waals surface area contributed by atoms with Crippen LogP contribution < -0.4 is 29.4 Å². The largest absolute Gasteiger partial charge is 0.310 e. The second-order valence-electron chi connectivity index (χ2n) is 40.2. The summed E-state index contributed by atoms with van der Waals surface area (Å²) in [4.78, 5) is 14.6. The molecule has 2 aromatic heterocycles. The molecule has 8 heteroatoms. The third-order valence-corrected chi connectivity index (χ3v) is 30.5. The van der Waals surface area contributed by atoms with Crippen molar-refractivity contribution < 1.29 is 0 Å². The van der Waals surface area contributed by atoms with Crippen molar-refractivity contribution in [3.63, 3.8) is 0 Å². The van der Waals surface area contributed by atoms with Crippen molar-refractivity contribution in [3.05, 3.63) is 588 Å². The predicted molar refractivity (Wildman–Crippen MR) is 627 cm³/mol. The molecule has 149 heavy (non-hydrogen) atoms. The van der Waals surface area contributed by atoms with Crippen molar-refractivity contribution >= 4 is 146 Å². The Kier molecular flexibility index (Phi) is 22.7. The Bertz CT molecular complexity index is 8730. The van der Waals surface area contributed by atoms with Gasteiger partial charge in [0, 0.05) is 135 Å². The first kappa shape index (κ1) is 90.3. The minimum atomic E-state index is -0.939. The summed E-state index contributed by atoms with van der Waals surface area (Å²) in [6.07, 6.45) is 0.716. The maximum absolute atomic E-state index is 2.56. The highest BCUT2D eigenvalue weighted by atomic mass is 15.2. The van der Waals surface area contributed by atoms with E-state index in [2.05, 4.69) is 603 Å². The normalized spacial score (nSPS) is 12.1. The highest BCUT2D eigenvalue weighted by Gasteiger charge is 2.53.